The van der Waals surface area contributed by atoms with Crippen molar-refractivity contribution in [3.8, 4) is 0 Å². The molecule has 1 N–H and O–H groups in total. The molecule has 0 aliphatic carbocycles. The van der Waals surface area contributed by atoms with Crippen LogP contribution in [0.25, 0.3) is 0 Å². The minimum absolute atomic E-state index is 0.0133. The molecule has 0 radical (unpaired) electrons. The summed E-state index contributed by atoms with van der Waals surface area (Å²) < 4.78 is 1.58. The summed E-state index contributed by atoms with van der Waals surface area (Å²) in [7, 11) is 1.73. The van der Waals surface area contributed by atoms with Gasteiger partial charge in [-0.25, -0.2) is 4.98 Å². The fourth-order valence-electron chi connectivity index (χ4n) is 3.46. The number of halogens is 3. The topological polar surface area (TPSA) is 64.0 Å². The largest absolute Gasteiger partial charge is 0.356 e. The van der Waals surface area contributed by atoms with E-state index in [1.807, 2.05) is 37.3 Å². The fraction of sp³-hybridized carbons (Fsp3) is 0.320. The van der Waals surface area contributed by atoms with Gasteiger partial charge in [-0.15, -0.1) is 0 Å². The fourth-order valence-corrected chi connectivity index (χ4v) is 5.12. The number of aryl methyl sites for hydroxylation is 1. The van der Waals surface area contributed by atoms with Gasteiger partial charge < -0.3 is 5.32 Å². The van der Waals surface area contributed by atoms with Crippen LogP contribution in [0.15, 0.2) is 52.4 Å². The minimum Gasteiger partial charge on any atom is -0.356 e. The summed E-state index contributed by atoms with van der Waals surface area (Å²) in [6.45, 7) is 2.36. The van der Waals surface area contributed by atoms with Crippen LogP contribution in [-0.4, -0.2) is 27.8 Å². The number of aromatic nitrogens is 2. The van der Waals surface area contributed by atoms with Crippen LogP contribution in [0.1, 0.15) is 35.2 Å². The Hall–Kier alpha value is -1.99. The number of nitrogens with zero attached hydrogens (tertiary/aromatic N) is 2. The molecule has 0 saturated heterocycles. The molecule has 0 saturated carbocycles. The van der Waals surface area contributed by atoms with Gasteiger partial charge in [0, 0.05) is 58.5 Å². The van der Waals surface area contributed by atoms with E-state index in [0.717, 1.165) is 11.1 Å². The third-order valence-corrected chi connectivity index (χ3v) is 7.27. The molecule has 3 aromatic rings. The highest BCUT2D eigenvalue weighted by molar-refractivity contribution is 7.99. The standard InChI is InChI=1S/C25H26Cl3N3O2S/c1-16-21(14-17-5-3-6-19(26)13-17)24(33)31(2)25(30-16)34-12-4-7-23(32)29-11-10-18-8-9-20(27)15-22(18)28/h3,5-6,8-9,13,15H,4,7,10-12,14H2,1-2H3,(H,29,32). The van der Waals surface area contributed by atoms with E-state index in [2.05, 4.69) is 10.3 Å². The first-order chi connectivity index (χ1) is 16.2. The predicted molar refractivity (Wildman–Crippen MR) is 142 cm³/mol. The van der Waals surface area contributed by atoms with Crippen LogP contribution >= 0.6 is 46.6 Å². The van der Waals surface area contributed by atoms with E-state index in [-0.39, 0.29) is 11.5 Å². The minimum atomic E-state index is -0.0615. The molecular weight excluding hydrogens is 513 g/mol. The molecule has 3 rings (SSSR count). The number of hydrogen-bond donors (Lipinski definition) is 1. The van der Waals surface area contributed by atoms with Crippen molar-refractivity contribution in [2.75, 3.05) is 12.3 Å². The monoisotopic (exact) mass is 537 g/mol. The Morgan fingerprint density at radius 3 is 2.62 bits per heavy atom. The predicted octanol–water partition coefficient (Wildman–Crippen LogP) is 5.87. The third-order valence-electron chi connectivity index (χ3n) is 5.33. The first-order valence-corrected chi connectivity index (χ1v) is 13.0. The average Bonchev–Trinajstić information content (AvgIpc) is 2.79. The smallest absolute Gasteiger partial charge is 0.257 e. The second-order valence-electron chi connectivity index (χ2n) is 7.92. The van der Waals surface area contributed by atoms with E-state index >= 15 is 0 Å². The maximum absolute atomic E-state index is 12.9. The number of hydrogen-bond acceptors (Lipinski definition) is 4. The molecule has 180 valence electrons. The van der Waals surface area contributed by atoms with Gasteiger partial charge in [-0.1, -0.05) is 64.8 Å². The van der Waals surface area contributed by atoms with Gasteiger partial charge in [0.25, 0.3) is 5.56 Å². The quantitative estimate of drug-likeness (QED) is 0.199. The van der Waals surface area contributed by atoms with Crippen molar-refractivity contribution >= 4 is 52.5 Å². The lowest BCUT2D eigenvalue weighted by atomic mass is 10.1. The molecule has 2 aromatic carbocycles. The van der Waals surface area contributed by atoms with Gasteiger partial charge in [-0.3, -0.25) is 14.2 Å². The molecule has 1 amide bonds. The Bertz CT molecular complexity index is 1230. The molecule has 0 spiro atoms. The number of benzene rings is 2. The normalized spacial score (nSPS) is 11.0. The van der Waals surface area contributed by atoms with Crippen molar-refractivity contribution in [3.05, 3.63) is 90.3 Å². The van der Waals surface area contributed by atoms with Crippen LogP contribution in [0.2, 0.25) is 15.1 Å². The van der Waals surface area contributed by atoms with E-state index in [9.17, 15) is 9.59 Å². The van der Waals surface area contributed by atoms with Crippen molar-refractivity contribution in [1.82, 2.24) is 14.9 Å². The molecule has 0 unspecified atom stereocenters. The Labute approximate surface area is 218 Å². The van der Waals surface area contributed by atoms with Crippen LogP contribution in [-0.2, 0) is 24.7 Å². The number of amides is 1. The van der Waals surface area contributed by atoms with Crippen molar-refractivity contribution in [2.24, 2.45) is 7.05 Å². The summed E-state index contributed by atoms with van der Waals surface area (Å²) in [5, 5.41) is 5.40. The van der Waals surface area contributed by atoms with Gasteiger partial charge in [0.1, 0.15) is 0 Å². The Morgan fingerprint density at radius 2 is 1.88 bits per heavy atom. The molecular formula is C25H26Cl3N3O2S. The highest BCUT2D eigenvalue weighted by Crippen LogP contribution is 2.21. The number of carbonyl (C=O) groups excluding carboxylic acids is 1. The Kier molecular flexibility index (Phi) is 9.89. The Balaban J connectivity index is 1.47. The third kappa shape index (κ3) is 7.51. The summed E-state index contributed by atoms with van der Waals surface area (Å²) >= 11 is 19.6. The van der Waals surface area contributed by atoms with Crippen molar-refractivity contribution in [1.29, 1.82) is 0 Å². The van der Waals surface area contributed by atoms with Crippen LogP contribution in [0.5, 0.6) is 0 Å². The van der Waals surface area contributed by atoms with Crippen molar-refractivity contribution in [3.63, 3.8) is 0 Å². The molecule has 0 atom stereocenters. The zero-order valence-corrected chi connectivity index (χ0v) is 22.1. The maximum Gasteiger partial charge on any atom is 0.257 e. The number of thioether (sulfide) groups is 1. The lowest BCUT2D eigenvalue weighted by Crippen LogP contribution is -2.26. The van der Waals surface area contributed by atoms with Crippen molar-refractivity contribution < 1.29 is 4.79 Å². The van der Waals surface area contributed by atoms with Gasteiger partial charge in [0.2, 0.25) is 5.91 Å². The molecule has 5 nitrogen and oxygen atoms in total. The molecule has 0 aliphatic heterocycles. The molecule has 0 aliphatic rings. The van der Waals surface area contributed by atoms with E-state index in [0.29, 0.717) is 69.5 Å². The summed E-state index contributed by atoms with van der Waals surface area (Å²) in [6, 6.07) is 12.8. The molecule has 1 aromatic heterocycles. The molecule has 0 fully saturated rings. The summed E-state index contributed by atoms with van der Waals surface area (Å²) in [4.78, 5) is 29.7. The lowest BCUT2D eigenvalue weighted by molar-refractivity contribution is -0.121. The number of nitrogens with one attached hydrogen (secondary N) is 1. The van der Waals surface area contributed by atoms with Crippen LogP contribution in [0.4, 0.5) is 0 Å². The van der Waals surface area contributed by atoms with E-state index in [4.69, 9.17) is 34.8 Å². The maximum atomic E-state index is 12.9. The van der Waals surface area contributed by atoms with Gasteiger partial charge in [0.05, 0.1) is 0 Å². The van der Waals surface area contributed by atoms with Gasteiger partial charge in [-0.05, 0) is 55.2 Å². The van der Waals surface area contributed by atoms with Gasteiger partial charge in [0.15, 0.2) is 5.16 Å². The molecule has 0 bridgehead atoms. The highest BCUT2D eigenvalue weighted by atomic mass is 35.5. The first kappa shape index (κ1) is 26.6. The van der Waals surface area contributed by atoms with Gasteiger partial charge in [-0.2, -0.15) is 0 Å². The first-order valence-electron chi connectivity index (χ1n) is 10.9. The molecule has 1 heterocycles. The zero-order valence-electron chi connectivity index (χ0n) is 19.0. The second kappa shape index (κ2) is 12.6. The molecule has 9 heteroatoms. The van der Waals surface area contributed by atoms with Crippen LogP contribution < -0.4 is 10.9 Å². The van der Waals surface area contributed by atoms with Crippen LogP contribution in [0.3, 0.4) is 0 Å². The zero-order chi connectivity index (χ0) is 24.7. The van der Waals surface area contributed by atoms with E-state index in [1.165, 1.54) is 11.8 Å². The summed E-state index contributed by atoms with van der Waals surface area (Å²) in [6.07, 6.45) is 2.21. The number of rotatable bonds is 10. The summed E-state index contributed by atoms with van der Waals surface area (Å²) in [5.74, 6) is 0.671. The van der Waals surface area contributed by atoms with E-state index in [1.54, 1.807) is 23.7 Å². The van der Waals surface area contributed by atoms with Crippen LogP contribution in [0, 0.1) is 6.92 Å². The number of carbonyl (C=O) groups is 1. The molecule has 34 heavy (non-hydrogen) atoms. The van der Waals surface area contributed by atoms with Crippen molar-refractivity contribution in [2.45, 2.75) is 37.8 Å². The average molecular weight is 539 g/mol. The highest BCUT2D eigenvalue weighted by Gasteiger charge is 2.13. The lowest BCUT2D eigenvalue weighted by Gasteiger charge is -2.12. The SMILES string of the molecule is Cc1nc(SCCCC(=O)NCCc2ccc(Cl)cc2Cl)n(C)c(=O)c1Cc1cccc(Cl)c1. The van der Waals surface area contributed by atoms with E-state index < -0.39 is 0 Å². The summed E-state index contributed by atoms with van der Waals surface area (Å²) in [5.41, 5.74) is 3.23. The Morgan fingerprint density at radius 1 is 1.12 bits per heavy atom. The van der Waals surface area contributed by atoms with Gasteiger partial charge >= 0.3 is 0 Å². The second-order valence-corrected chi connectivity index (χ2v) is 10.3.